The number of hydrogen-bond donors (Lipinski definition) is 1. The molecule has 0 unspecified atom stereocenters. The minimum absolute atomic E-state index is 0.249. The van der Waals surface area contributed by atoms with Gasteiger partial charge >= 0.3 is 6.03 Å². The van der Waals surface area contributed by atoms with Gasteiger partial charge in [-0.25, -0.2) is 14.2 Å². The van der Waals surface area contributed by atoms with Gasteiger partial charge in [0.2, 0.25) is 0 Å². The topological polar surface area (TPSA) is 45.2 Å². The Bertz CT molecular complexity index is 819. The molecule has 6 heteroatoms. The number of amides is 2. The third-order valence-electron chi connectivity index (χ3n) is 3.47. The molecule has 0 fully saturated rings. The van der Waals surface area contributed by atoms with Gasteiger partial charge in [0.15, 0.2) is 0 Å². The molecule has 3 aromatic rings. The number of carbonyl (C=O) groups is 1. The molecule has 0 bridgehead atoms. The van der Waals surface area contributed by atoms with Crippen LogP contribution in [0.4, 0.5) is 14.9 Å². The van der Waals surface area contributed by atoms with Crippen LogP contribution in [0, 0.1) is 5.82 Å². The summed E-state index contributed by atoms with van der Waals surface area (Å²) in [5, 5.41) is 5.69. The van der Waals surface area contributed by atoms with Crippen molar-refractivity contribution in [2.24, 2.45) is 0 Å². The highest BCUT2D eigenvalue weighted by molar-refractivity contribution is 7.13. The van der Waals surface area contributed by atoms with E-state index < -0.39 is 0 Å². The smallest absolute Gasteiger partial charge is 0.321 e. The van der Waals surface area contributed by atoms with Crippen molar-refractivity contribution in [1.82, 2.24) is 9.88 Å². The molecule has 24 heavy (non-hydrogen) atoms. The SMILES string of the molecule is CN(Cc1cccc(F)c1)C(=O)Nc1ccc(-c2nccs2)cc1. The summed E-state index contributed by atoms with van der Waals surface area (Å²) in [6.45, 7) is 0.334. The van der Waals surface area contributed by atoms with Gasteiger partial charge in [0, 0.05) is 36.4 Å². The molecular weight excluding hydrogens is 325 g/mol. The van der Waals surface area contributed by atoms with Crippen molar-refractivity contribution in [2.75, 3.05) is 12.4 Å². The van der Waals surface area contributed by atoms with E-state index in [0.717, 1.165) is 16.1 Å². The minimum Gasteiger partial charge on any atom is -0.323 e. The molecule has 3 rings (SSSR count). The van der Waals surface area contributed by atoms with Gasteiger partial charge in [-0.2, -0.15) is 0 Å². The molecule has 2 amide bonds. The van der Waals surface area contributed by atoms with Crippen molar-refractivity contribution in [3.05, 3.63) is 71.5 Å². The molecule has 0 radical (unpaired) electrons. The Morgan fingerprint density at radius 2 is 2.04 bits per heavy atom. The average molecular weight is 341 g/mol. The Labute approximate surface area is 143 Å². The van der Waals surface area contributed by atoms with Crippen molar-refractivity contribution >= 4 is 23.1 Å². The monoisotopic (exact) mass is 341 g/mol. The third-order valence-corrected chi connectivity index (χ3v) is 4.29. The van der Waals surface area contributed by atoms with Crippen molar-refractivity contribution in [3.63, 3.8) is 0 Å². The van der Waals surface area contributed by atoms with Gasteiger partial charge in [-0.05, 0) is 42.0 Å². The van der Waals surface area contributed by atoms with Crippen LogP contribution in [0.15, 0.2) is 60.1 Å². The molecule has 0 spiro atoms. The van der Waals surface area contributed by atoms with E-state index >= 15 is 0 Å². The Kier molecular flexibility index (Phi) is 4.86. The highest BCUT2D eigenvalue weighted by atomic mass is 32.1. The summed E-state index contributed by atoms with van der Waals surface area (Å²) in [4.78, 5) is 18.0. The van der Waals surface area contributed by atoms with Gasteiger partial charge in [-0.1, -0.05) is 12.1 Å². The minimum atomic E-state index is -0.306. The van der Waals surface area contributed by atoms with E-state index in [2.05, 4.69) is 10.3 Å². The van der Waals surface area contributed by atoms with Crippen LogP contribution in [-0.4, -0.2) is 23.0 Å². The largest absolute Gasteiger partial charge is 0.323 e. The molecule has 0 atom stereocenters. The van der Waals surface area contributed by atoms with Gasteiger partial charge in [0.05, 0.1) is 0 Å². The summed E-state index contributed by atoms with van der Waals surface area (Å²) in [7, 11) is 1.67. The van der Waals surface area contributed by atoms with Gasteiger partial charge in [-0.3, -0.25) is 0 Å². The summed E-state index contributed by atoms with van der Waals surface area (Å²) in [6.07, 6.45) is 1.76. The maximum atomic E-state index is 13.2. The number of aromatic nitrogens is 1. The first-order valence-corrected chi connectivity index (χ1v) is 8.26. The standard InChI is InChI=1S/C18H16FN3OS/c1-22(12-13-3-2-4-15(19)11-13)18(23)21-16-7-5-14(6-8-16)17-20-9-10-24-17/h2-11H,12H2,1H3,(H,21,23). The molecule has 4 nitrogen and oxygen atoms in total. The highest BCUT2D eigenvalue weighted by Gasteiger charge is 2.10. The lowest BCUT2D eigenvalue weighted by molar-refractivity contribution is 0.220. The van der Waals surface area contributed by atoms with Crippen LogP contribution < -0.4 is 5.32 Å². The number of rotatable bonds is 4. The predicted octanol–water partition coefficient (Wildman–Crippen LogP) is 4.61. The van der Waals surface area contributed by atoms with Crippen molar-refractivity contribution in [3.8, 4) is 10.6 Å². The number of anilines is 1. The summed E-state index contributed by atoms with van der Waals surface area (Å²) >= 11 is 1.57. The zero-order valence-electron chi connectivity index (χ0n) is 13.1. The Morgan fingerprint density at radius 3 is 2.71 bits per heavy atom. The van der Waals surface area contributed by atoms with Crippen molar-refractivity contribution < 1.29 is 9.18 Å². The number of halogens is 1. The molecular formula is C18H16FN3OS. The number of hydrogen-bond acceptors (Lipinski definition) is 3. The number of urea groups is 1. The number of carbonyl (C=O) groups excluding carboxylic acids is 1. The molecule has 0 aliphatic carbocycles. The lowest BCUT2D eigenvalue weighted by Crippen LogP contribution is -2.30. The van der Waals surface area contributed by atoms with Crippen LogP contribution >= 0.6 is 11.3 Å². The van der Waals surface area contributed by atoms with E-state index in [-0.39, 0.29) is 11.8 Å². The number of nitrogens with one attached hydrogen (secondary N) is 1. The van der Waals surface area contributed by atoms with E-state index in [4.69, 9.17) is 0 Å². The van der Waals surface area contributed by atoms with Crippen LogP contribution in [0.25, 0.3) is 10.6 Å². The van der Waals surface area contributed by atoms with Gasteiger partial charge in [0.1, 0.15) is 10.8 Å². The van der Waals surface area contributed by atoms with Crippen molar-refractivity contribution in [1.29, 1.82) is 0 Å². The molecule has 0 saturated heterocycles. The molecule has 0 aliphatic rings. The zero-order valence-corrected chi connectivity index (χ0v) is 13.9. The van der Waals surface area contributed by atoms with Gasteiger partial charge in [0.25, 0.3) is 0 Å². The van der Waals surface area contributed by atoms with Crippen molar-refractivity contribution in [2.45, 2.75) is 6.54 Å². The number of benzene rings is 2. The normalized spacial score (nSPS) is 10.4. The van der Waals surface area contributed by atoms with Crippen LogP contribution in [0.1, 0.15) is 5.56 Å². The Hall–Kier alpha value is -2.73. The molecule has 1 N–H and O–H groups in total. The maximum absolute atomic E-state index is 13.2. The second-order valence-corrected chi connectivity index (χ2v) is 6.23. The summed E-state index contributed by atoms with van der Waals surface area (Å²) < 4.78 is 13.2. The van der Waals surface area contributed by atoms with E-state index in [1.54, 1.807) is 36.7 Å². The van der Waals surface area contributed by atoms with Crippen LogP contribution in [0.2, 0.25) is 0 Å². The summed E-state index contributed by atoms with van der Waals surface area (Å²) in [5.41, 5.74) is 2.45. The lowest BCUT2D eigenvalue weighted by atomic mass is 10.2. The van der Waals surface area contributed by atoms with Crippen LogP contribution in [-0.2, 0) is 6.54 Å². The Balaban J connectivity index is 1.61. The predicted molar refractivity (Wildman–Crippen MR) is 94.4 cm³/mol. The second-order valence-electron chi connectivity index (χ2n) is 5.33. The highest BCUT2D eigenvalue weighted by Crippen LogP contribution is 2.23. The fourth-order valence-corrected chi connectivity index (χ4v) is 2.91. The summed E-state index contributed by atoms with van der Waals surface area (Å²) in [6, 6.07) is 13.5. The molecule has 0 aliphatic heterocycles. The first-order valence-electron chi connectivity index (χ1n) is 7.38. The zero-order chi connectivity index (χ0) is 16.9. The van der Waals surface area contributed by atoms with E-state index in [0.29, 0.717) is 12.2 Å². The second kappa shape index (κ2) is 7.23. The number of nitrogens with zero attached hydrogens (tertiary/aromatic N) is 2. The van der Waals surface area contributed by atoms with Crippen LogP contribution in [0.5, 0.6) is 0 Å². The lowest BCUT2D eigenvalue weighted by Gasteiger charge is -2.18. The summed E-state index contributed by atoms with van der Waals surface area (Å²) in [5.74, 6) is -0.306. The molecule has 2 aromatic carbocycles. The first kappa shape index (κ1) is 16.1. The van der Waals surface area contributed by atoms with E-state index in [1.165, 1.54) is 17.0 Å². The average Bonchev–Trinajstić information content (AvgIpc) is 3.10. The first-order chi connectivity index (χ1) is 11.6. The number of thiazole rings is 1. The molecule has 122 valence electrons. The molecule has 1 aromatic heterocycles. The molecule has 1 heterocycles. The fraction of sp³-hybridized carbons (Fsp3) is 0.111. The van der Waals surface area contributed by atoms with Crippen LogP contribution in [0.3, 0.4) is 0 Å². The quantitative estimate of drug-likeness (QED) is 0.753. The Morgan fingerprint density at radius 1 is 1.25 bits per heavy atom. The maximum Gasteiger partial charge on any atom is 0.321 e. The van der Waals surface area contributed by atoms with E-state index in [1.807, 2.05) is 29.6 Å². The fourth-order valence-electron chi connectivity index (χ4n) is 2.26. The van der Waals surface area contributed by atoms with Gasteiger partial charge < -0.3 is 10.2 Å². The molecule has 0 saturated carbocycles. The third kappa shape index (κ3) is 3.97. The van der Waals surface area contributed by atoms with E-state index in [9.17, 15) is 9.18 Å². The van der Waals surface area contributed by atoms with Gasteiger partial charge in [-0.15, -0.1) is 11.3 Å².